The summed E-state index contributed by atoms with van der Waals surface area (Å²) in [6.07, 6.45) is 5.22. The second-order valence-corrected chi connectivity index (χ2v) is 6.17. The highest BCUT2D eigenvalue weighted by atomic mass is 35.5. The van der Waals surface area contributed by atoms with E-state index >= 15 is 0 Å². The lowest BCUT2D eigenvalue weighted by Gasteiger charge is -2.42. The lowest BCUT2D eigenvalue weighted by molar-refractivity contribution is -0.132. The van der Waals surface area contributed by atoms with Crippen LogP contribution in [-0.2, 0) is 11.3 Å². The van der Waals surface area contributed by atoms with Crippen molar-refractivity contribution in [1.29, 1.82) is 0 Å². The molecule has 2 unspecified atom stereocenters. The monoisotopic (exact) mass is 314 g/mol. The molecule has 2 N–H and O–H groups in total. The Morgan fingerprint density at radius 2 is 2.00 bits per heavy atom. The summed E-state index contributed by atoms with van der Waals surface area (Å²) in [6, 6.07) is 8.38. The Balaban J connectivity index is 0.00000147. The Labute approximate surface area is 130 Å². The number of primary amides is 1. The number of amides is 1. The molecule has 2 saturated heterocycles. The molecule has 0 saturated carbocycles. The van der Waals surface area contributed by atoms with Crippen LogP contribution in [0.3, 0.4) is 0 Å². The number of carbonyl (C=O) groups is 1. The molecule has 2 atom stereocenters. The molecule has 20 heavy (non-hydrogen) atoms. The molecule has 0 aromatic heterocycles. The van der Waals surface area contributed by atoms with Gasteiger partial charge in [0.25, 0.3) is 0 Å². The molecule has 110 valence electrons. The predicted octanol–water partition coefficient (Wildman–Crippen LogP) is 3.13. The van der Waals surface area contributed by atoms with E-state index in [1.165, 1.54) is 12.0 Å². The zero-order valence-corrected chi connectivity index (χ0v) is 12.9. The van der Waals surface area contributed by atoms with Gasteiger partial charge in [-0.3, -0.25) is 9.69 Å². The lowest BCUT2D eigenvalue weighted by atomic mass is 9.87. The van der Waals surface area contributed by atoms with Crippen molar-refractivity contribution < 1.29 is 4.79 Å². The van der Waals surface area contributed by atoms with Gasteiger partial charge >= 0.3 is 0 Å². The van der Waals surface area contributed by atoms with Crippen LogP contribution in [0.25, 0.3) is 0 Å². The number of carbonyl (C=O) groups excluding carboxylic acids is 1. The lowest BCUT2D eigenvalue weighted by Crippen LogP contribution is -2.57. The highest BCUT2D eigenvalue weighted by Crippen LogP contribution is 2.44. The minimum absolute atomic E-state index is 0. The number of hydrogen-bond acceptors (Lipinski definition) is 2. The fourth-order valence-corrected chi connectivity index (χ4v) is 3.83. The molecule has 2 bridgehead atoms. The molecule has 2 aliphatic rings. The van der Waals surface area contributed by atoms with Gasteiger partial charge in [-0.1, -0.05) is 23.7 Å². The van der Waals surface area contributed by atoms with E-state index in [1.807, 2.05) is 24.3 Å². The minimum atomic E-state index is -0.400. The van der Waals surface area contributed by atoms with Crippen LogP contribution in [0.5, 0.6) is 0 Å². The molecule has 2 aliphatic heterocycles. The maximum atomic E-state index is 11.9. The first kappa shape index (κ1) is 15.6. The Hall–Kier alpha value is -0.770. The summed E-state index contributed by atoms with van der Waals surface area (Å²) in [7, 11) is 0. The van der Waals surface area contributed by atoms with Crippen molar-refractivity contribution in [2.24, 2.45) is 5.73 Å². The smallest absolute Gasteiger partial charge is 0.237 e. The largest absolute Gasteiger partial charge is 0.368 e. The number of nitrogens with zero attached hydrogens (tertiary/aromatic N) is 1. The molecule has 2 heterocycles. The highest BCUT2D eigenvalue weighted by Gasteiger charge is 2.52. The van der Waals surface area contributed by atoms with Crippen molar-refractivity contribution in [3.05, 3.63) is 34.9 Å². The Bertz CT molecular complexity index is 487. The fraction of sp³-hybridized carbons (Fsp3) is 0.533. The number of benzene rings is 1. The molecule has 5 heteroatoms. The van der Waals surface area contributed by atoms with Crippen LogP contribution in [0, 0.1) is 0 Å². The molecule has 3 nitrogen and oxygen atoms in total. The van der Waals surface area contributed by atoms with Gasteiger partial charge in [0.2, 0.25) is 5.91 Å². The van der Waals surface area contributed by atoms with Crippen LogP contribution >= 0.6 is 24.0 Å². The molecule has 0 aliphatic carbocycles. The highest BCUT2D eigenvalue weighted by molar-refractivity contribution is 6.30. The summed E-state index contributed by atoms with van der Waals surface area (Å²) in [5.74, 6) is -0.149. The van der Waals surface area contributed by atoms with Crippen LogP contribution in [0.15, 0.2) is 24.3 Å². The van der Waals surface area contributed by atoms with Crippen LogP contribution < -0.4 is 5.73 Å². The van der Waals surface area contributed by atoms with Gasteiger partial charge in [0.05, 0.1) is 0 Å². The van der Waals surface area contributed by atoms with E-state index < -0.39 is 5.54 Å². The van der Waals surface area contributed by atoms with E-state index in [9.17, 15) is 4.79 Å². The standard InChI is InChI=1S/C15H19ClN2O.ClH/c16-12-5-3-11(4-6-12)10-18-13-2-1-8-15(18,9-7-13)14(17)19;/h3-6,13H,1-2,7-10H2,(H2,17,19);1H. The first-order chi connectivity index (χ1) is 9.12. The third kappa shape index (κ3) is 2.54. The first-order valence-corrected chi connectivity index (χ1v) is 7.31. The van der Waals surface area contributed by atoms with Crippen molar-refractivity contribution in [3.8, 4) is 0 Å². The molecule has 1 aromatic rings. The number of rotatable bonds is 3. The summed E-state index contributed by atoms with van der Waals surface area (Å²) in [4.78, 5) is 14.3. The molecule has 0 spiro atoms. The molecule has 0 radical (unpaired) electrons. The van der Waals surface area contributed by atoms with Gasteiger partial charge < -0.3 is 5.73 Å². The van der Waals surface area contributed by atoms with Crippen LogP contribution in [0.1, 0.15) is 37.7 Å². The maximum absolute atomic E-state index is 11.9. The van der Waals surface area contributed by atoms with Crippen LogP contribution in [0.2, 0.25) is 5.02 Å². The van der Waals surface area contributed by atoms with Gasteiger partial charge in [-0.15, -0.1) is 12.4 Å². The van der Waals surface area contributed by atoms with Crippen LogP contribution in [-0.4, -0.2) is 22.4 Å². The second-order valence-electron chi connectivity index (χ2n) is 5.73. The van der Waals surface area contributed by atoms with Gasteiger partial charge in [-0.05, 0) is 49.8 Å². The average Bonchev–Trinajstić information content (AvgIpc) is 2.60. The first-order valence-electron chi connectivity index (χ1n) is 6.93. The summed E-state index contributed by atoms with van der Waals surface area (Å²) in [5.41, 5.74) is 6.50. The summed E-state index contributed by atoms with van der Waals surface area (Å²) in [5, 5.41) is 0.745. The van der Waals surface area contributed by atoms with Gasteiger partial charge in [0.15, 0.2) is 0 Å². The summed E-state index contributed by atoms with van der Waals surface area (Å²) >= 11 is 5.91. The Morgan fingerprint density at radius 3 is 2.65 bits per heavy atom. The average molecular weight is 315 g/mol. The SMILES string of the molecule is Cl.NC(=O)C12CCCC(CC1)N2Cc1ccc(Cl)cc1. The molecular weight excluding hydrogens is 295 g/mol. The zero-order chi connectivity index (χ0) is 13.5. The minimum Gasteiger partial charge on any atom is -0.368 e. The van der Waals surface area contributed by atoms with Crippen molar-refractivity contribution in [1.82, 2.24) is 4.90 Å². The number of nitrogens with two attached hydrogens (primary N) is 1. The summed E-state index contributed by atoms with van der Waals surface area (Å²) in [6.45, 7) is 0.796. The number of hydrogen-bond donors (Lipinski definition) is 1. The van der Waals surface area contributed by atoms with Crippen molar-refractivity contribution >= 4 is 29.9 Å². The zero-order valence-electron chi connectivity index (χ0n) is 11.3. The Kier molecular flexibility index (Phi) is 4.62. The number of piperidine rings is 1. The summed E-state index contributed by atoms with van der Waals surface area (Å²) < 4.78 is 0. The number of fused-ring (bicyclic) bond motifs is 2. The van der Waals surface area contributed by atoms with E-state index in [0.29, 0.717) is 6.04 Å². The number of halogens is 2. The van der Waals surface area contributed by atoms with Crippen molar-refractivity contribution in [2.45, 2.75) is 50.2 Å². The van der Waals surface area contributed by atoms with Gasteiger partial charge in [0.1, 0.15) is 5.54 Å². The van der Waals surface area contributed by atoms with E-state index in [2.05, 4.69) is 4.90 Å². The molecule has 1 amide bonds. The normalized spacial score (nSPS) is 28.9. The van der Waals surface area contributed by atoms with Crippen LogP contribution in [0.4, 0.5) is 0 Å². The van der Waals surface area contributed by atoms with Crippen molar-refractivity contribution in [3.63, 3.8) is 0 Å². The Morgan fingerprint density at radius 1 is 1.30 bits per heavy atom. The quantitative estimate of drug-likeness (QED) is 0.931. The molecule has 1 aromatic carbocycles. The third-order valence-electron chi connectivity index (χ3n) is 4.73. The topological polar surface area (TPSA) is 46.3 Å². The van der Waals surface area contributed by atoms with E-state index in [1.54, 1.807) is 0 Å². The van der Waals surface area contributed by atoms with Crippen molar-refractivity contribution in [2.75, 3.05) is 0 Å². The van der Waals surface area contributed by atoms with E-state index in [4.69, 9.17) is 17.3 Å². The third-order valence-corrected chi connectivity index (χ3v) is 4.99. The maximum Gasteiger partial charge on any atom is 0.237 e. The molecule has 2 fully saturated rings. The fourth-order valence-electron chi connectivity index (χ4n) is 3.71. The molecular formula is C15H20Cl2N2O. The van der Waals surface area contributed by atoms with E-state index in [-0.39, 0.29) is 18.3 Å². The second kappa shape index (κ2) is 5.92. The van der Waals surface area contributed by atoms with Gasteiger partial charge in [-0.2, -0.15) is 0 Å². The predicted molar refractivity (Wildman–Crippen MR) is 83.0 cm³/mol. The van der Waals surface area contributed by atoms with Gasteiger partial charge in [0, 0.05) is 17.6 Å². The van der Waals surface area contributed by atoms with Gasteiger partial charge in [-0.25, -0.2) is 0 Å². The van der Waals surface area contributed by atoms with E-state index in [0.717, 1.165) is 37.3 Å². The molecule has 3 rings (SSSR count).